The van der Waals surface area contributed by atoms with Crippen molar-refractivity contribution in [2.24, 2.45) is 0 Å². The summed E-state index contributed by atoms with van der Waals surface area (Å²) < 4.78 is 5.63. The zero-order valence-electron chi connectivity index (χ0n) is 13.2. The van der Waals surface area contributed by atoms with Crippen LogP contribution in [-0.2, 0) is 4.79 Å². The number of likely N-dealkylation sites (N-methyl/N-ethyl adjacent to an activating group) is 1. The van der Waals surface area contributed by atoms with E-state index in [2.05, 4.69) is 5.32 Å². The highest BCUT2D eigenvalue weighted by Gasteiger charge is 2.23. The van der Waals surface area contributed by atoms with Crippen molar-refractivity contribution in [3.8, 4) is 5.75 Å². The molecule has 0 saturated carbocycles. The molecule has 0 aromatic heterocycles. The van der Waals surface area contributed by atoms with Crippen LogP contribution in [0.25, 0.3) is 0 Å². The van der Waals surface area contributed by atoms with Gasteiger partial charge in [-0.05, 0) is 24.6 Å². The lowest BCUT2D eigenvalue weighted by Gasteiger charge is -2.24. The first kappa shape index (κ1) is 15.9. The van der Waals surface area contributed by atoms with E-state index in [0.717, 1.165) is 17.0 Å². The minimum atomic E-state index is -0.446. The van der Waals surface area contributed by atoms with Gasteiger partial charge in [0.05, 0.1) is 12.3 Å². The number of para-hydroxylation sites is 2. The molecular formula is C18H22N2O2. The summed E-state index contributed by atoms with van der Waals surface area (Å²) in [4.78, 5) is 14.1. The molecule has 0 unspecified atom stereocenters. The van der Waals surface area contributed by atoms with Crippen molar-refractivity contribution in [1.29, 1.82) is 0 Å². The highest BCUT2D eigenvalue weighted by atomic mass is 16.5. The molecule has 0 saturated heterocycles. The van der Waals surface area contributed by atoms with Gasteiger partial charge >= 0.3 is 0 Å². The zero-order chi connectivity index (χ0) is 15.9. The molecule has 2 aromatic carbocycles. The van der Waals surface area contributed by atoms with E-state index in [1.807, 2.05) is 61.5 Å². The Labute approximate surface area is 131 Å². The van der Waals surface area contributed by atoms with Crippen molar-refractivity contribution in [1.82, 2.24) is 4.90 Å². The van der Waals surface area contributed by atoms with Gasteiger partial charge in [-0.25, -0.2) is 0 Å². The molecule has 0 spiro atoms. The Bertz CT molecular complexity index is 611. The van der Waals surface area contributed by atoms with E-state index in [1.165, 1.54) is 0 Å². The number of rotatable bonds is 6. The first-order chi connectivity index (χ1) is 10.6. The average molecular weight is 298 g/mol. The topological polar surface area (TPSA) is 41.6 Å². The van der Waals surface area contributed by atoms with Gasteiger partial charge in [0.1, 0.15) is 11.8 Å². The summed E-state index contributed by atoms with van der Waals surface area (Å²) in [6, 6.07) is 16.9. The SMILES string of the molecule is CCOc1ccccc1N[C@@H](C(=O)N(C)C)c1ccccc1. The van der Waals surface area contributed by atoms with Crippen LogP contribution in [-0.4, -0.2) is 31.5 Å². The molecular weight excluding hydrogens is 276 g/mol. The van der Waals surface area contributed by atoms with E-state index in [0.29, 0.717) is 6.61 Å². The van der Waals surface area contributed by atoms with Crippen LogP contribution in [0.15, 0.2) is 54.6 Å². The maximum atomic E-state index is 12.5. The largest absolute Gasteiger partial charge is 0.492 e. The van der Waals surface area contributed by atoms with Crippen LogP contribution in [0.2, 0.25) is 0 Å². The van der Waals surface area contributed by atoms with E-state index in [1.54, 1.807) is 19.0 Å². The number of hydrogen-bond donors (Lipinski definition) is 1. The van der Waals surface area contributed by atoms with Crippen LogP contribution in [0.5, 0.6) is 5.75 Å². The number of benzene rings is 2. The molecule has 1 N–H and O–H groups in total. The predicted octanol–water partition coefficient (Wildman–Crippen LogP) is 3.33. The maximum Gasteiger partial charge on any atom is 0.249 e. The molecule has 1 amide bonds. The quantitative estimate of drug-likeness (QED) is 0.889. The monoisotopic (exact) mass is 298 g/mol. The van der Waals surface area contributed by atoms with Crippen LogP contribution in [0.1, 0.15) is 18.5 Å². The Morgan fingerprint density at radius 2 is 1.73 bits per heavy atom. The molecule has 1 atom stereocenters. The van der Waals surface area contributed by atoms with Crippen LogP contribution in [0, 0.1) is 0 Å². The number of carbonyl (C=O) groups is 1. The van der Waals surface area contributed by atoms with E-state index in [9.17, 15) is 4.79 Å². The molecule has 0 aliphatic rings. The Hall–Kier alpha value is -2.49. The molecule has 2 aromatic rings. The fourth-order valence-corrected chi connectivity index (χ4v) is 2.21. The van der Waals surface area contributed by atoms with Crippen LogP contribution in [0.4, 0.5) is 5.69 Å². The van der Waals surface area contributed by atoms with Crippen molar-refractivity contribution in [2.75, 3.05) is 26.0 Å². The summed E-state index contributed by atoms with van der Waals surface area (Å²) in [5, 5.41) is 3.31. The van der Waals surface area contributed by atoms with E-state index in [-0.39, 0.29) is 5.91 Å². The molecule has 0 radical (unpaired) electrons. The summed E-state index contributed by atoms with van der Waals surface area (Å²) in [5.74, 6) is 0.745. The molecule has 4 heteroatoms. The number of anilines is 1. The number of carbonyl (C=O) groups excluding carboxylic acids is 1. The molecule has 0 heterocycles. The second kappa shape index (κ2) is 7.50. The average Bonchev–Trinajstić information content (AvgIpc) is 2.54. The fraction of sp³-hybridized carbons (Fsp3) is 0.278. The van der Waals surface area contributed by atoms with Gasteiger partial charge in [0.2, 0.25) is 5.91 Å². The molecule has 2 rings (SSSR count). The normalized spacial score (nSPS) is 11.6. The number of hydrogen-bond acceptors (Lipinski definition) is 3. The Balaban J connectivity index is 2.33. The van der Waals surface area contributed by atoms with Gasteiger partial charge in [0.15, 0.2) is 0 Å². The fourth-order valence-electron chi connectivity index (χ4n) is 2.21. The third-order valence-corrected chi connectivity index (χ3v) is 3.31. The second-order valence-corrected chi connectivity index (χ2v) is 5.15. The molecule has 22 heavy (non-hydrogen) atoms. The third kappa shape index (κ3) is 3.79. The van der Waals surface area contributed by atoms with Gasteiger partial charge in [-0.3, -0.25) is 4.79 Å². The Morgan fingerprint density at radius 1 is 1.09 bits per heavy atom. The lowest BCUT2D eigenvalue weighted by molar-refractivity contribution is -0.129. The standard InChI is InChI=1S/C18H22N2O2/c1-4-22-16-13-9-8-12-15(16)19-17(18(21)20(2)3)14-10-6-5-7-11-14/h5-13,17,19H,4H2,1-3H3/t17-/m1/s1. The lowest BCUT2D eigenvalue weighted by Crippen LogP contribution is -2.32. The summed E-state index contributed by atoms with van der Waals surface area (Å²) >= 11 is 0. The number of nitrogens with zero attached hydrogens (tertiary/aromatic N) is 1. The first-order valence-electron chi connectivity index (χ1n) is 7.38. The van der Waals surface area contributed by atoms with E-state index < -0.39 is 6.04 Å². The summed E-state index contributed by atoms with van der Waals surface area (Å²) in [7, 11) is 3.52. The molecule has 0 aliphatic heterocycles. The van der Waals surface area contributed by atoms with Gasteiger partial charge in [-0.1, -0.05) is 42.5 Å². The zero-order valence-corrected chi connectivity index (χ0v) is 13.2. The predicted molar refractivity (Wildman–Crippen MR) is 89.1 cm³/mol. The lowest BCUT2D eigenvalue weighted by atomic mass is 10.1. The number of nitrogens with one attached hydrogen (secondary N) is 1. The maximum absolute atomic E-state index is 12.5. The van der Waals surface area contributed by atoms with Gasteiger partial charge in [-0.2, -0.15) is 0 Å². The molecule has 4 nitrogen and oxygen atoms in total. The number of amides is 1. The minimum absolute atomic E-state index is 0.00231. The Kier molecular flexibility index (Phi) is 5.42. The first-order valence-corrected chi connectivity index (χ1v) is 7.38. The smallest absolute Gasteiger partial charge is 0.249 e. The molecule has 0 bridgehead atoms. The highest BCUT2D eigenvalue weighted by Crippen LogP contribution is 2.29. The van der Waals surface area contributed by atoms with Gasteiger partial charge in [0.25, 0.3) is 0 Å². The van der Waals surface area contributed by atoms with Gasteiger partial charge in [0, 0.05) is 14.1 Å². The number of ether oxygens (including phenoxy) is 1. The van der Waals surface area contributed by atoms with Crippen molar-refractivity contribution < 1.29 is 9.53 Å². The van der Waals surface area contributed by atoms with Crippen molar-refractivity contribution in [3.05, 3.63) is 60.2 Å². The third-order valence-electron chi connectivity index (χ3n) is 3.31. The van der Waals surface area contributed by atoms with Gasteiger partial charge in [-0.15, -0.1) is 0 Å². The molecule has 116 valence electrons. The summed E-state index contributed by atoms with van der Waals surface area (Å²) in [6.45, 7) is 2.52. The van der Waals surface area contributed by atoms with Crippen LogP contribution < -0.4 is 10.1 Å². The van der Waals surface area contributed by atoms with E-state index in [4.69, 9.17) is 4.74 Å². The summed E-state index contributed by atoms with van der Waals surface area (Å²) in [6.07, 6.45) is 0. The van der Waals surface area contributed by atoms with Crippen molar-refractivity contribution >= 4 is 11.6 Å². The van der Waals surface area contributed by atoms with Gasteiger partial charge < -0.3 is 15.0 Å². The molecule has 0 fully saturated rings. The van der Waals surface area contributed by atoms with Crippen LogP contribution >= 0.6 is 0 Å². The molecule has 0 aliphatic carbocycles. The summed E-state index contributed by atoms with van der Waals surface area (Å²) in [5.41, 5.74) is 1.74. The van der Waals surface area contributed by atoms with Crippen LogP contribution in [0.3, 0.4) is 0 Å². The Morgan fingerprint density at radius 3 is 2.36 bits per heavy atom. The van der Waals surface area contributed by atoms with Crippen molar-refractivity contribution in [2.45, 2.75) is 13.0 Å². The minimum Gasteiger partial charge on any atom is -0.492 e. The highest BCUT2D eigenvalue weighted by molar-refractivity contribution is 5.86. The van der Waals surface area contributed by atoms with E-state index >= 15 is 0 Å². The second-order valence-electron chi connectivity index (χ2n) is 5.15. The van der Waals surface area contributed by atoms with Crippen molar-refractivity contribution in [3.63, 3.8) is 0 Å².